The largest absolute Gasteiger partial charge is 0.475 e. The van der Waals surface area contributed by atoms with Crippen LogP contribution in [0.5, 0.6) is 0 Å². The Hall–Kier alpha value is -1.76. The molecule has 4 rings (SSSR count). The standard InChI is InChI=1S/C15H19N4O6P/c1-15(8-16)12-10(7-22-26(21,25-12)24-9-3-2-4-9)23-13(15)19-6-5-11(17)18-14(19)20/h5-6,9-10,12-13H,2-4,7H2,1H3,(H2,17,18,20)/t10-,12-,13+,15-,26?/m1/s1. The Bertz CT molecular complexity index is 864. The van der Waals surface area contributed by atoms with Gasteiger partial charge in [-0.2, -0.15) is 10.2 Å². The van der Waals surface area contributed by atoms with E-state index in [-0.39, 0.29) is 18.5 Å². The predicted octanol–water partition coefficient (Wildman–Crippen LogP) is 1.35. The van der Waals surface area contributed by atoms with Crippen LogP contribution in [0.1, 0.15) is 32.4 Å². The number of hydrogen-bond acceptors (Lipinski definition) is 9. The molecular formula is C15H19N4O6P. The second-order valence-corrected chi connectivity index (χ2v) is 8.47. The first kappa shape index (κ1) is 17.6. The number of phosphoric acid groups is 1. The number of anilines is 1. The molecule has 3 heterocycles. The summed E-state index contributed by atoms with van der Waals surface area (Å²) in [6, 6.07) is 3.59. The summed E-state index contributed by atoms with van der Waals surface area (Å²) in [6.07, 6.45) is 1.33. The van der Waals surface area contributed by atoms with Crippen LogP contribution in [0.4, 0.5) is 5.82 Å². The normalized spacial score (nSPS) is 39.8. The zero-order valence-electron chi connectivity index (χ0n) is 14.1. The van der Waals surface area contributed by atoms with Gasteiger partial charge in [-0.15, -0.1) is 0 Å². The number of hydrogen-bond donors (Lipinski definition) is 1. The van der Waals surface area contributed by atoms with E-state index >= 15 is 0 Å². The SMILES string of the molecule is C[C@@]1(C#N)[C@@H]2OP(=O)(OC3CCC3)OC[C@H]2O[C@@H]1n1ccc(N)nc1=O. The van der Waals surface area contributed by atoms with Gasteiger partial charge in [0, 0.05) is 6.20 Å². The number of nitriles is 1. The quantitative estimate of drug-likeness (QED) is 0.767. The number of fused-ring (bicyclic) bond motifs is 1. The van der Waals surface area contributed by atoms with Gasteiger partial charge < -0.3 is 10.5 Å². The van der Waals surface area contributed by atoms with E-state index in [2.05, 4.69) is 11.1 Å². The van der Waals surface area contributed by atoms with Crippen LogP contribution in [0.3, 0.4) is 0 Å². The molecule has 26 heavy (non-hydrogen) atoms. The van der Waals surface area contributed by atoms with Crippen molar-refractivity contribution in [2.75, 3.05) is 12.3 Å². The van der Waals surface area contributed by atoms with Gasteiger partial charge in [0.1, 0.15) is 23.4 Å². The highest BCUT2D eigenvalue weighted by Gasteiger charge is 2.61. The number of nitrogen functional groups attached to an aromatic ring is 1. The minimum absolute atomic E-state index is 0.0560. The molecule has 3 fully saturated rings. The van der Waals surface area contributed by atoms with Crippen molar-refractivity contribution in [3.05, 3.63) is 22.7 Å². The van der Waals surface area contributed by atoms with E-state index in [0.717, 1.165) is 19.3 Å². The highest BCUT2D eigenvalue weighted by molar-refractivity contribution is 7.48. The Labute approximate surface area is 149 Å². The average Bonchev–Trinajstić information content (AvgIpc) is 2.84. The second-order valence-electron chi connectivity index (χ2n) is 6.89. The van der Waals surface area contributed by atoms with Crippen LogP contribution in [0.2, 0.25) is 0 Å². The van der Waals surface area contributed by atoms with Crippen LogP contribution in [0.25, 0.3) is 0 Å². The summed E-state index contributed by atoms with van der Waals surface area (Å²) in [7, 11) is -3.79. The van der Waals surface area contributed by atoms with Crippen LogP contribution in [-0.4, -0.2) is 34.5 Å². The number of phosphoric ester groups is 1. The van der Waals surface area contributed by atoms with Crippen LogP contribution >= 0.6 is 7.82 Å². The van der Waals surface area contributed by atoms with Gasteiger partial charge in [-0.25, -0.2) is 9.36 Å². The highest BCUT2D eigenvalue weighted by Crippen LogP contribution is 2.62. The van der Waals surface area contributed by atoms with E-state index in [0.29, 0.717) is 0 Å². The molecule has 140 valence electrons. The number of rotatable bonds is 3. The van der Waals surface area contributed by atoms with Crippen LogP contribution < -0.4 is 11.4 Å². The summed E-state index contributed by atoms with van der Waals surface area (Å²) in [5, 5.41) is 9.81. The lowest BCUT2D eigenvalue weighted by Crippen LogP contribution is -2.43. The van der Waals surface area contributed by atoms with E-state index in [1.807, 2.05) is 0 Å². The number of nitrogens with zero attached hydrogens (tertiary/aromatic N) is 3. The molecule has 11 heteroatoms. The van der Waals surface area contributed by atoms with Crippen molar-refractivity contribution in [1.29, 1.82) is 5.26 Å². The molecule has 0 spiro atoms. The Balaban J connectivity index is 1.64. The Morgan fingerprint density at radius 1 is 1.54 bits per heavy atom. The van der Waals surface area contributed by atoms with Gasteiger partial charge >= 0.3 is 13.5 Å². The highest BCUT2D eigenvalue weighted by atomic mass is 31.2. The van der Waals surface area contributed by atoms with E-state index < -0.39 is 37.4 Å². The molecule has 0 amide bonds. The molecule has 5 atom stereocenters. The lowest BCUT2D eigenvalue weighted by Gasteiger charge is -2.37. The lowest BCUT2D eigenvalue weighted by molar-refractivity contribution is -0.0799. The van der Waals surface area contributed by atoms with E-state index in [9.17, 15) is 14.6 Å². The summed E-state index contributed by atoms with van der Waals surface area (Å²) in [5.41, 5.74) is 3.57. The molecule has 0 aromatic carbocycles. The third kappa shape index (κ3) is 2.76. The predicted molar refractivity (Wildman–Crippen MR) is 87.7 cm³/mol. The monoisotopic (exact) mass is 382 g/mol. The summed E-state index contributed by atoms with van der Waals surface area (Å²) >= 11 is 0. The van der Waals surface area contributed by atoms with E-state index in [4.69, 9.17) is 24.0 Å². The summed E-state index contributed by atoms with van der Waals surface area (Å²) in [5.74, 6) is 0.0679. The summed E-state index contributed by atoms with van der Waals surface area (Å²) in [6.45, 7) is 1.53. The number of ether oxygens (including phenoxy) is 1. The van der Waals surface area contributed by atoms with Crippen LogP contribution in [-0.2, 0) is 22.9 Å². The van der Waals surface area contributed by atoms with Gasteiger partial charge in [-0.1, -0.05) is 0 Å². The molecule has 2 N–H and O–H groups in total. The molecule has 2 saturated heterocycles. The van der Waals surface area contributed by atoms with Gasteiger partial charge in [0.2, 0.25) is 0 Å². The molecule has 3 aliphatic rings. The molecule has 2 aliphatic heterocycles. The fourth-order valence-electron chi connectivity index (χ4n) is 3.33. The molecule has 1 aromatic heterocycles. The van der Waals surface area contributed by atoms with Crippen molar-refractivity contribution in [2.45, 2.75) is 50.7 Å². The first-order chi connectivity index (χ1) is 12.3. The van der Waals surface area contributed by atoms with Gasteiger partial charge in [-0.05, 0) is 32.3 Å². The van der Waals surface area contributed by atoms with Crippen molar-refractivity contribution in [1.82, 2.24) is 9.55 Å². The third-order valence-electron chi connectivity index (χ3n) is 5.06. The Kier molecular flexibility index (Phi) is 4.17. The van der Waals surface area contributed by atoms with Crippen LogP contribution in [0, 0.1) is 16.7 Å². The molecule has 1 aromatic rings. The summed E-state index contributed by atoms with van der Waals surface area (Å²) in [4.78, 5) is 15.9. The van der Waals surface area contributed by atoms with Crippen LogP contribution in [0.15, 0.2) is 17.1 Å². The molecule has 10 nitrogen and oxygen atoms in total. The molecule has 1 saturated carbocycles. The van der Waals surface area contributed by atoms with Crippen molar-refractivity contribution in [2.24, 2.45) is 5.41 Å². The van der Waals surface area contributed by atoms with E-state index in [1.54, 1.807) is 6.92 Å². The topological polar surface area (TPSA) is 139 Å². The Morgan fingerprint density at radius 2 is 2.31 bits per heavy atom. The smallest absolute Gasteiger partial charge is 0.383 e. The van der Waals surface area contributed by atoms with Gasteiger partial charge in [0.05, 0.1) is 18.8 Å². The molecule has 1 unspecified atom stereocenters. The fourth-order valence-corrected chi connectivity index (χ4v) is 5.04. The van der Waals surface area contributed by atoms with Gasteiger partial charge in [-0.3, -0.25) is 18.1 Å². The number of aromatic nitrogens is 2. The maximum absolute atomic E-state index is 12.8. The van der Waals surface area contributed by atoms with Gasteiger partial charge in [0.15, 0.2) is 6.23 Å². The Morgan fingerprint density at radius 3 is 2.92 bits per heavy atom. The first-order valence-corrected chi connectivity index (χ1v) is 9.83. The van der Waals surface area contributed by atoms with E-state index in [1.165, 1.54) is 16.8 Å². The zero-order valence-corrected chi connectivity index (χ0v) is 15.0. The van der Waals surface area contributed by atoms with Crippen molar-refractivity contribution < 1.29 is 22.9 Å². The first-order valence-electron chi connectivity index (χ1n) is 8.37. The third-order valence-corrected chi connectivity index (χ3v) is 6.57. The maximum Gasteiger partial charge on any atom is 0.475 e. The maximum atomic E-state index is 12.8. The van der Waals surface area contributed by atoms with Crippen molar-refractivity contribution in [3.8, 4) is 6.07 Å². The minimum Gasteiger partial charge on any atom is -0.383 e. The lowest BCUT2D eigenvalue weighted by atomic mass is 9.84. The molecular weight excluding hydrogens is 363 g/mol. The second kappa shape index (κ2) is 6.15. The summed E-state index contributed by atoms with van der Waals surface area (Å²) < 4.78 is 36.3. The van der Waals surface area contributed by atoms with Crippen molar-refractivity contribution >= 4 is 13.6 Å². The minimum atomic E-state index is -3.79. The fraction of sp³-hybridized carbons (Fsp3) is 0.667. The zero-order chi connectivity index (χ0) is 18.5. The number of nitrogens with two attached hydrogens (primary N) is 1. The molecule has 0 bridgehead atoms. The van der Waals surface area contributed by atoms with Crippen molar-refractivity contribution in [3.63, 3.8) is 0 Å². The average molecular weight is 382 g/mol. The molecule has 1 aliphatic carbocycles. The van der Waals surface area contributed by atoms with Gasteiger partial charge in [0.25, 0.3) is 0 Å². The molecule has 0 radical (unpaired) electrons.